The number of nitriles is 1. The summed E-state index contributed by atoms with van der Waals surface area (Å²) >= 11 is 0. The maximum absolute atomic E-state index is 13.9. The van der Waals surface area contributed by atoms with Crippen molar-refractivity contribution in [3.63, 3.8) is 0 Å². The number of aliphatic hydroxyl groups excluding tert-OH is 1. The first-order valence-electron chi connectivity index (χ1n) is 12.0. The summed E-state index contributed by atoms with van der Waals surface area (Å²) in [5.41, 5.74) is 1.74. The Bertz CT molecular complexity index is 1270. The number of halogens is 2. The van der Waals surface area contributed by atoms with Crippen LogP contribution in [0.3, 0.4) is 0 Å². The predicted octanol–water partition coefficient (Wildman–Crippen LogP) is 4.66. The zero-order valence-corrected chi connectivity index (χ0v) is 20.8. The molecular formula is C27H28F2N4O5. The first-order chi connectivity index (χ1) is 18.3. The van der Waals surface area contributed by atoms with Gasteiger partial charge in [-0.05, 0) is 49.4 Å². The van der Waals surface area contributed by atoms with Gasteiger partial charge in [0.2, 0.25) is 11.8 Å². The van der Waals surface area contributed by atoms with Gasteiger partial charge < -0.3 is 19.3 Å². The Hall–Kier alpha value is -4.30. The highest BCUT2D eigenvalue weighted by Gasteiger charge is 2.22. The van der Waals surface area contributed by atoms with E-state index >= 15 is 0 Å². The third-order valence-corrected chi connectivity index (χ3v) is 5.98. The van der Waals surface area contributed by atoms with Crippen LogP contribution in [0.25, 0.3) is 11.3 Å². The fourth-order valence-electron chi connectivity index (χ4n) is 3.74. The topological polar surface area (TPSA) is 129 Å². The van der Waals surface area contributed by atoms with E-state index < -0.39 is 23.8 Å². The Morgan fingerprint density at radius 3 is 2.68 bits per heavy atom. The maximum atomic E-state index is 13.9. The third-order valence-electron chi connectivity index (χ3n) is 5.98. The fourth-order valence-corrected chi connectivity index (χ4v) is 3.74. The lowest BCUT2D eigenvalue weighted by Gasteiger charge is -2.28. The molecule has 3 rings (SSSR count). The number of ether oxygens (including phenoxy) is 1. The number of hydrogen-bond donors (Lipinski definition) is 2. The van der Waals surface area contributed by atoms with Crippen LogP contribution in [0.1, 0.15) is 36.8 Å². The fraction of sp³-hybridized carbons (Fsp3) is 0.333. The number of aliphatic hydroxyl groups is 1. The van der Waals surface area contributed by atoms with Crippen molar-refractivity contribution in [2.45, 2.75) is 38.1 Å². The molecule has 2 amide bonds. The molecule has 11 heteroatoms. The summed E-state index contributed by atoms with van der Waals surface area (Å²) in [6.07, 6.45) is 0.686. The Balaban J connectivity index is 1.55. The Morgan fingerprint density at radius 2 is 1.97 bits per heavy atom. The van der Waals surface area contributed by atoms with E-state index in [-0.39, 0.29) is 43.4 Å². The zero-order valence-electron chi connectivity index (χ0n) is 20.8. The summed E-state index contributed by atoms with van der Waals surface area (Å²) < 4.78 is 37.8. The quantitative estimate of drug-likeness (QED) is 0.328. The molecule has 1 atom stereocenters. The lowest BCUT2D eigenvalue weighted by Crippen LogP contribution is -2.41. The highest BCUT2D eigenvalue weighted by Crippen LogP contribution is 2.22. The number of benzene rings is 2. The minimum Gasteiger partial charge on any atom is -0.447 e. The maximum Gasteiger partial charge on any atom is 0.414 e. The number of unbranched alkanes of at least 4 members (excludes halogenated alkanes) is 1. The molecule has 2 N–H and O–H groups in total. The molecule has 1 heterocycles. The van der Waals surface area contributed by atoms with Crippen LogP contribution in [-0.4, -0.2) is 53.5 Å². The number of rotatable bonds is 12. The van der Waals surface area contributed by atoms with E-state index in [0.717, 1.165) is 6.07 Å². The molecule has 0 bridgehead atoms. The molecule has 0 fully saturated rings. The van der Waals surface area contributed by atoms with Gasteiger partial charge in [-0.1, -0.05) is 29.4 Å². The molecule has 0 aliphatic rings. The van der Waals surface area contributed by atoms with Gasteiger partial charge in [0, 0.05) is 31.7 Å². The van der Waals surface area contributed by atoms with Crippen LogP contribution < -0.4 is 5.32 Å². The molecule has 0 aliphatic heterocycles. The van der Waals surface area contributed by atoms with E-state index in [1.807, 2.05) is 6.07 Å². The van der Waals surface area contributed by atoms with Crippen LogP contribution in [0.4, 0.5) is 19.5 Å². The molecular weight excluding hydrogens is 498 g/mol. The number of likely N-dealkylation sites (N-methyl/N-ethyl adjacent to an activating group) is 1. The van der Waals surface area contributed by atoms with E-state index in [9.17, 15) is 18.4 Å². The number of hydrogen-bond acceptors (Lipinski definition) is 7. The Kier molecular flexibility index (Phi) is 10.3. The first kappa shape index (κ1) is 28.3. The van der Waals surface area contributed by atoms with E-state index in [2.05, 4.69) is 10.5 Å². The van der Waals surface area contributed by atoms with Gasteiger partial charge in [-0.25, -0.2) is 13.6 Å². The van der Waals surface area contributed by atoms with Gasteiger partial charge >= 0.3 is 6.09 Å². The standard InChI is InChI=1S/C27H28F2N4O5/c1-33(25(35)13-12-20-5-4-7-22(28)26(20)29)21(6-2-3-14-34)17-37-27(36)31-24-15-23(32-38-24)19-10-8-18(16-30)9-11-19/h4-5,7-11,15,21,34H,2-3,6,12-14,17H2,1H3,(H,31,36)/t21-/m0/s1. The van der Waals surface area contributed by atoms with Crippen molar-refractivity contribution in [2.75, 3.05) is 25.6 Å². The van der Waals surface area contributed by atoms with Crippen LogP contribution in [0.5, 0.6) is 0 Å². The molecule has 3 aromatic rings. The van der Waals surface area contributed by atoms with Crippen molar-refractivity contribution in [1.82, 2.24) is 10.1 Å². The number of carbonyl (C=O) groups excluding carboxylic acids is 2. The molecule has 200 valence electrons. The molecule has 9 nitrogen and oxygen atoms in total. The van der Waals surface area contributed by atoms with Crippen LogP contribution >= 0.6 is 0 Å². The number of nitrogens with one attached hydrogen (secondary N) is 1. The molecule has 0 saturated heterocycles. The summed E-state index contributed by atoms with van der Waals surface area (Å²) in [6, 6.07) is 13.5. The minimum atomic E-state index is -0.975. The molecule has 2 aromatic carbocycles. The van der Waals surface area contributed by atoms with E-state index in [4.69, 9.17) is 19.6 Å². The van der Waals surface area contributed by atoms with Gasteiger partial charge in [0.15, 0.2) is 11.6 Å². The SMILES string of the molecule is CN(C(=O)CCc1cccc(F)c1F)[C@@H](CCCCO)COC(=O)Nc1cc(-c2ccc(C#N)cc2)no1. The molecule has 0 unspecified atom stereocenters. The van der Waals surface area contributed by atoms with Crippen LogP contribution in [-0.2, 0) is 16.0 Å². The third kappa shape index (κ3) is 7.85. The van der Waals surface area contributed by atoms with Crippen molar-refractivity contribution >= 4 is 17.9 Å². The summed E-state index contributed by atoms with van der Waals surface area (Å²) in [5.74, 6) is -2.22. The number of aryl methyl sites for hydroxylation is 1. The highest BCUT2D eigenvalue weighted by atomic mass is 19.2. The lowest BCUT2D eigenvalue weighted by molar-refractivity contribution is -0.133. The molecule has 0 spiro atoms. The second-order valence-electron chi connectivity index (χ2n) is 8.58. The lowest BCUT2D eigenvalue weighted by atomic mass is 10.1. The number of anilines is 1. The first-order valence-corrected chi connectivity index (χ1v) is 12.0. The summed E-state index contributed by atoms with van der Waals surface area (Å²) in [7, 11) is 1.55. The van der Waals surface area contributed by atoms with E-state index in [1.165, 1.54) is 23.1 Å². The second kappa shape index (κ2) is 13.9. The number of aromatic nitrogens is 1. The average molecular weight is 527 g/mol. The minimum absolute atomic E-state index is 0.0162. The molecule has 38 heavy (non-hydrogen) atoms. The van der Waals surface area contributed by atoms with E-state index in [1.54, 1.807) is 31.3 Å². The number of nitrogens with zero attached hydrogens (tertiary/aromatic N) is 3. The van der Waals surface area contributed by atoms with Gasteiger partial charge in [-0.15, -0.1) is 0 Å². The Morgan fingerprint density at radius 1 is 1.21 bits per heavy atom. The number of carbonyl (C=O) groups is 2. The largest absolute Gasteiger partial charge is 0.447 e. The molecule has 0 aliphatic carbocycles. The van der Waals surface area contributed by atoms with Gasteiger partial charge in [-0.3, -0.25) is 10.1 Å². The molecule has 0 radical (unpaired) electrons. The molecule has 1 aromatic heterocycles. The van der Waals surface area contributed by atoms with Crippen LogP contribution in [0, 0.1) is 23.0 Å². The molecule has 0 saturated carbocycles. The van der Waals surface area contributed by atoms with Crippen molar-refractivity contribution in [2.24, 2.45) is 0 Å². The summed E-state index contributed by atoms with van der Waals surface area (Å²) in [6.45, 7) is -0.151. The van der Waals surface area contributed by atoms with Gasteiger partial charge in [0.1, 0.15) is 12.3 Å². The number of amides is 2. The van der Waals surface area contributed by atoms with Crippen molar-refractivity contribution < 1.29 is 32.7 Å². The van der Waals surface area contributed by atoms with Crippen molar-refractivity contribution in [3.05, 3.63) is 71.3 Å². The monoisotopic (exact) mass is 526 g/mol. The zero-order chi connectivity index (χ0) is 27.5. The van der Waals surface area contributed by atoms with Gasteiger partial charge in [-0.2, -0.15) is 5.26 Å². The Labute approximate surface area is 218 Å². The van der Waals surface area contributed by atoms with Gasteiger partial charge in [0.25, 0.3) is 0 Å². The normalized spacial score (nSPS) is 11.4. The van der Waals surface area contributed by atoms with Crippen LogP contribution in [0.2, 0.25) is 0 Å². The summed E-state index contributed by atoms with van der Waals surface area (Å²) in [5, 5.41) is 24.3. The summed E-state index contributed by atoms with van der Waals surface area (Å²) in [4.78, 5) is 26.6. The highest BCUT2D eigenvalue weighted by molar-refractivity contribution is 5.83. The smallest absolute Gasteiger partial charge is 0.414 e. The van der Waals surface area contributed by atoms with Crippen molar-refractivity contribution in [1.29, 1.82) is 5.26 Å². The average Bonchev–Trinajstić information content (AvgIpc) is 3.39. The second-order valence-corrected chi connectivity index (χ2v) is 8.58. The van der Waals surface area contributed by atoms with Crippen LogP contribution in [0.15, 0.2) is 53.1 Å². The van der Waals surface area contributed by atoms with Gasteiger partial charge in [0.05, 0.1) is 17.7 Å². The predicted molar refractivity (Wildman–Crippen MR) is 134 cm³/mol. The van der Waals surface area contributed by atoms with E-state index in [0.29, 0.717) is 36.1 Å². The van der Waals surface area contributed by atoms with Crippen molar-refractivity contribution in [3.8, 4) is 17.3 Å².